The number of hydrogen-bond donors (Lipinski definition) is 1. The van der Waals surface area contributed by atoms with Crippen molar-refractivity contribution >= 4 is 34.7 Å². The van der Waals surface area contributed by atoms with Crippen LogP contribution in [-0.4, -0.2) is 42.8 Å². The molecule has 2 heterocycles. The van der Waals surface area contributed by atoms with E-state index in [1.54, 1.807) is 48.5 Å². The molecule has 1 saturated heterocycles. The normalized spacial score (nSPS) is 21.0. The average molecular weight is 448 g/mol. The van der Waals surface area contributed by atoms with Gasteiger partial charge in [-0.15, -0.1) is 0 Å². The SMILES string of the molecule is COc1ccccc1N1C(=O)C(c2ccc(NC(C)=O)cc2)=C(N2CC(C)CC(C)C2)C1=O. The summed E-state index contributed by atoms with van der Waals surface area (Å²) in [5, 5.41) is 2.73. The monoisotopic (exact) mass is 447 g/mol. The van der Waals surface area contributed by atoms with Gasteiger partial charge in [-0.2, -0.15) is 0 Å². The number of piperidine rings is 1. The molecule has 0 saturated carbocycles. The lowest BCUT2D eigenvalue weighted by Gasteiger charge is -2.37. The second-order valence-electron chi connectivity index (χ2n) is 8.95. The molecular formula is C26H29N3O4. The summed E-state index contributed by atoms with van der Waals surface area (Å²) < 4.78 is 5.44. The van der Waals surface area contributed by atoms with E-state index in [0.29, 0.717) is 58.9 Å². The topological polar surface area (TPSA) is 79.0 Å². The van der Waals surface area contributed by atoms with Gasteiger partial charge in [-0.1, -0.05) is 38.1 Å². The minimum absolute atomic E-state index is 0.173. The highest BCUT2D eigenvalue weighted by molar-refractivity contribution is 6.45. The van der Waals surface area contributed by atoms with Gasteiger partial charge in [0.2, 0.25) is 5.91 Å². The Hall–Kier alpha value is -3.61. The highest BCUT2D eigenvalue weighted by Gasteiger charge is 2.44. The summed E-state index contributed by atoms with van der Waals surface area (Å²) in [7, 11) is 1.52. The van der Waals surface area contributed by atoms with Crippen LogP contribution in [-0.2, 0) is 14.4 Å². The number of para-hydroxylation sites is 2. The molecular weight excluding hydrogens is 418 g/mol. The molecule has 2 unspecified atom stereocenters. The van der Waals surface area contributed by atoms with Crippen LogP contribution in [0.2, 0.25) is 0 Å². The lowest BCUT2D eigenvalue weighted by atomic mass is 9.91. The molecule has 7 heteroatoms. The van der Waals surface area contributed by atoms with Crippen molar-refractivity contribution in [3.05, 3.63) is 59.8 Å². The van der Waals surface area contributed by atoms with Gasteiger partial charge in [0, 0.05) is 25.7 Å². The number of benzene rings is 2. The fraction of sp³-hybridized carbons (Fsp3) is 0.346. The van der Waals surface area contributed by atoms with Crippen LogP contribution < -0.4 is 15.0 Å². The van der Waals surface area contributed by atoms with Crippen LogP contribution >= 0.6 is 0 Å². The third kappa shape index (κ3) is 4.35. The van der Waals surface area contributed by atoms with Crippen LogP contribution in [0.4, 0.5) is 11.4 Å². The Bertz CT molecular complexity index is 1110. The van der Waals surface area contributed by atoms with Gasteiger partial charge in [0.25, 0.3) is 11.8 Å². The third-order valence-corrected chi connectivity index (χ3v) is 6.06. The molecule has 172 valence electrons. The first-order chi connectivity index (χ1) is 15.8. The van der Waals surface area contributed by atoms with Gasteiger partial charge in [-0.25, -0.2) is 4.90 Å². The lowest BCUT2D eigenvalue weighted by molar-refractivity contribution is -0.121. The number of carbonyl (C=O) groups excluding carboxylic acids is 3. The van der Waals surface area contributed by atoms with Gasteiger partial charge in [0.1, 0.15) is 11.4 Å². The molecule has 0 spiro atoms. The van der Waals surface area contributed by atoms with E-state index in [9.17, 15) is 14.4 Å². The molecule has 0 aliphatic carbocycles. The molecule has 2 atom stereocenters. The largest absolute Gasteiger partial charge is 0.495 e. The summed E-state index contributed by atoms with van der Waals surface area (Å²) >= 11 is 0. The molecule has 0 bridgehead atoms. The summed E-state index contributed by atoms with van der Waals surface area (Å²) in [6, 6.07) is 14.1. The first kappa shape index (κ1) is 22.6. The van der Waals surface area contributed by atoms with E-state index in [0.717, 1.165) is 6.42 Å². The van der Waals surface area contributed by atoms with Crippen LogP contribution in [0.25, 0.3) is 5.57 Å². The maximum atomic E-state index is 13.8. The number of amides is 3. The summed E-state index contributed by atoms with van der Waals surface area (Å²) in [6.07, 6.45) is 1.09. The lowest BCUT2D eigenvalue weighted by Crippen LogP contribution is -2.42. The summed E-state index contributed by atoms with van der Waals surface area (Å²) in [5.41, 5.74) is 2.50. The third-order valence-electron chi connectivity index (χ3n) is 6.06. The van der Waals surface area contributed by atoms with Crippen LogP contribution in [0.15, 0.2) is 54.2 Å². The molecule has 0 radical (unpaired) electrons. The molecule has 0 aromatic heterocycles. The van der Waals surface area contributed by atoms with E-state index in [4.69, 9.17) is 4.74 Å². The molecule has 1 fully saturated rings. The van der Waals surface area contributed by atoms with Crippen molar-refractivity contribution in [2.45, 2.75) is 27.2 Å². The maximum Gasteiger partial charge on any atom is 0.282 e. The Kier molecular flexibility index (Phi) is 6.22. The number of nitrogens with one attached hydrogen (secondary N) is 1. The Labute approximate surface area is 194 Å². The number of rotatable bonds is 5. The van der Waals surface area contributed by atoms with Crippen molar-refractivity contribution < 1.29 is 19.1 Å². The van der Waals surface area contributed by atoms with E-state index in [1.807, 2.05) is 0 Å². The fourth-order valence-corrected chi connectivity index (χ4v) is 4.87. The van der Waals surface area contributed by atoms with Gasteiger partial charge < -0.3 is 15.0 Å². The maximum absolute atomic E-state index is 13.8. The zero-order valence-electron chi connectivity index (χ0n) is 19.4. The van der Waals surface area contributed by atoms with Crippen molar-refractivity contribution in [3.8, 4) is 5.75 Å². The van der Waals surface area contributed by atoms with Gasteiger partial charge in [0.15, 0.2) is 0 Å². The Morgan fingerprint density at radius 2 is 1.61 bits per heavy atom. The number of hydrogen-bond acceptors (Lipinski definition) is 5. The highest BCUT2D eigenvalue weighted by Crippen LogP contribution is 2.40. The molecule has 3 amide bonds. The highest BCUT2D eigenvalue weighted by atomic mass is 16.5. The van der Waals surface area contributed by atoms with Gasteiger partial charge >= 0.3 is 0 Å². The van der Waals surface area contributed by atoms with Crippen molar-refractivity contribution in [2.24, 2.45) is 11.8 Å². The van der Waals surface area contributed by atoms with Crippen molar-refractivity contribution in [1.29, 1.82) is 0 Å². The van der Waals surface area contributed by atoms with E-state index in [2.05, 4.69) is 24.1 Å². The summed E-state index contributed by atoms with van der Waals surface area (Å²) in [4.78, 5) is 42.2. The molecule has 2 aromatic rings. The predicted octanol–water partition coefficient (Wildman–Crippen LogP) is 3.92. The number of carbonyl (C=O) groups is 3. The molecule has 2 aliphatic rings. The van der Waals surface area contributed by atoms with Crippen molar-refractivity contribution in [2.75, 3.05) is 30.4 Å². The summed E-state index contributed by atoms with van der Waals surface area (Å²) in [6.45, 7) is 7.21. The minimum Gasteiger partial charge on any atom is -0.495 e. The van der Waals surface area contributed by atoms with Crippen LogP contribution in [0.3, 0.4) is 0 Å². The first-order valence-corrected chi connectivity index (χ1v) is 11.2. The molecule has 33 heavy (non-hydrogen) atoms. The summed E-state index contributed by atoms with van der Waals surface area (Å²) in [5.74, 6) is 0.389. The Balaban J connectivity index is 1.82. The average Bonchev–Trinajstić information content (AvgIpc) is 3.03. The van der Waals surface area contributed by atoms with Crippen LogP contribution in [0, 0.1) is 11.8 Å². The Morgan fingerprint density at radius 3 is 2.21 bits per heavy atom. The van der Waals surface area contributed by atoms with E-state index >= 15 is 0 Å². The predicted molar refractivity (Wildman–Crippen MR) is 128 cm³/mol. The number of nitrogens with zero attached hydrogens (tertiary/aromatic N) is 2. The van der Waals surface area contributed by atoms with Gasteiger partial charge in [-0.05, 0) is 48.1 Å². The zero-order valence-corrected chi connectivity index (χ0v) is 19.4. The van der Waals surface area contributed by atoms with Crippen molar-refractivity contribution in [1.82, 2.24) is 4.90 Å². The number of methoxy groups -OCH3 is 1. The van der Waals surface area contributed by atoms with Gasteiger partial charge in [0.05, 0.1) is 18.4 Å². The molecule has 7 nitrogen and oxygen atoms in total. The van der Waals surface area contributed by atoms with E-state index < -0.39 is 0 Å². The number of anilines is 2. The fourth-order valence-electron chi connectivity index (χ4n) is 4.87. The van der Waals surface area contributed by atoms with Crippen LogP contribution in [0.5, 0.6) is 5.75 Å². The minimum atomic E-state index is -0.377. The van der Waals surface area contributed by atoms with Gasteiger partial charge in [-0.3, -0.25) is 14.4 Å². The number of likely N-dealkylation sites (tertiary alicyclic amines) is 1. The van der Waals surface area contributed by atoms with Crippen molar-refractivity contribution in [3.63, 3.8) is 0 Å². The second-order valence-corrected chi connectivity index (χ2v) is 8.95. The standard InChI is InChI=1S/C26H29N3O4/c1-16-13-17(2)15-28(14-16)24-23(19-9-11-20(12-10-19)27-18(3)30)25(31)29(26(24)32)21-7-5-6-8-22(21)33-4/h5-12,16-17H,13-15H2,1-4H3,(H,27,30). The smallest absolute Gasteiger partial charge is 0.282 e. The quantitative estimate of drug-likeness (QED) is 0.703. The zero-order chi connectivity index (χ0) is 23.7. The van der Waals surface area contributed by atoms with E-state index in [-0.39, 0.29) is 17.7 Å². The Morgan fingerprint density at radius 1 is 0.970 bits per heavy atom. The molecule has 2 aromatic carbocycles. The first-order valence-electron chi connectivity index (χ1n) is 11.2. The van der Waals surface area contributed by atoms with E-state index in [1.165, 1.54) is 18.9 Å². The molecule has 4 rings (SSSR count). The molecule has 2 aliphatic heterocycles. The van der Waals surface area contributed by atoms with Crippen LogP contribution in [0.1, 0.15) is 32.8 Å². The number of ether oxygens (including phenoxy) is 1. The number of imide groups is 1. The molecule has 1 N–H and O–H groups in total. The second kappa shape index (κ2) is 9.10.